The van der Waals surface area contributed by atoms with Crippen molar-refractivity contribution < 1.29 is 14.3 Å². The number of hydrogen-bond acceptors (Lipinski definition) is 4. The van der Waals surface area contributed by atoms with Crippen LogP contribution in [0.1, 0.15) is 23.2 Å². The Hall–Kier alpha value is -2.18. The number of carbonyl (C=O) groups is 1. The Labute approximate surface area is 139 Å². The maximum Gasteiger partial charge on any atom is 0.261 e. The van der Waals surface area contributed by atoms with Crippen molar-refractivity contribution in [3.8, 4) is 0 Å². The Bertz CT molecular complexity index is 802. The molecular formula is C18H20N2O4. The number of para-hydroxylation sites is 1. The molecule has 0 saturated carbocycles. The molecule has 0 unspecified atom stereocenters. The number of ether oxygens (including phenoxy) is 2. The summed E-state index contributed by atoms with van der Waals surface area (Å²) in [5.41, 5.74) is 0.622. The molecule has 2 fully saturated rings. The van der Waals surface area contributed by atoms with Gasteiger partial charge in [0.05, 0.1) is 13.2 Å². The second-order valence-electron chi connectivity index (χ2n) is 6.34. The molecule has 6 heteroatoms. The van der Waals surface area contributed by atoms with E-state index in [-0.39, 0.29) is 23.3 Å². The van der Waals surface area contributed by atoms with Crippen molar-refractivity contribution >= 4 is 16.8 Å². The predicted molar refractivity (Wildman–Crippen MR) is 88.9 cm³/mol. The number of fused-ring (bicyclic) bond motifs is 1. The molecule has 0 atom stereocenters. The lowest BCUT2D eigenvalue weighted by Crippen LogP contribution is -2.43. The number of carbonyl (C=O) groups excluding carboxylic acids is 1. The van der Waals surface area contributed by atoms with Gasteiger partial charge in [-0.05, 0) is 30.4 Å². The van der Waals surface area contributed by atoms with Gasteiger partial charge in [0.25, 0.3) is 11.5 Å². The molecule has 126 valence electrons. The fraction of sp³-hybridized carbons (Fsp3) is 0.444. The Balaban J connectivity index is 1.50. The van der Waals surface area contributed by atoms with Gasteiger partial charge in [0, 0.05) is 24.5 Å². The Morgan fingerprint density at radius 3 is 2.58 bits per heavy atom. The second kappa shape index (κ2) is 6.37. The van der Waals surface area contributed by atoms with Crippen molar-refractivity contribution in [1.82, 2.24) is 9.88 Å². The number of aromatic amines is 1. The van der Waals surface area contributed by atoms with E-state index < -0.39 is 0 Å². The maximum absolute atomic E-state index is 12.7. The monoisotopic (exact) mass is 328 g/mol. The van der Waals surface area contributed by atoms with Crippen molar-refractivity contribution in [2.45, 2.75) is 19.1 Å². The Kier molecular flexibility index (Phi) is 4.08. The van der Waals surface area contributed by atoms with E-state index in [0.29, 0.717) is 32.2 Å². The molecule has 24 heavy (non-hydrogen) atoms. The zero-order valence-electron chi connectivity index (χ0n) is 13.4. The Morgan fingerprint density at radius 1 is 1.12 bits per heavy atom. The molecule has 3 heterocycles. The fourth-order valence-electron chi connectivity index (χ4n) is 3.50. The van der Waals surface area contributed by atoms with E-state index in [4.69, 9.17) is 9.47 Å². The van der Waals surface area contributed by atoms with Crippen LogP contribution in [0.15, 0.2) is 35.1 Å². The molecule has 1 aromatic heterocycles. The van der Waals surface area contributed by atoms with Crippen molar-refractivity contribution in [2.75, 3.05) is 26.3 Å². The number of aromatic nitrogens is 1. The van der Waals surface area contributed by atoms with E-state index in [1.807, 2.05) is 24.3 Å². The molecular weight excluding hydrogens is 308 g/mol. The van der Waals surface area contributed by atoms with Crippen LogP contribution < -0.4 is 5.56 Å². The van der Waals surface area contributed by atoms with Crippen LogP contribution in [-0.2, 0) is 9.47 Å². The Morgan fingerprint density at radius 2 is 1.83 bits per heavy atom. The number of H-pyrrole nitrogens is 1. The van der Waals surface area contributed by atoms with Gasteiger partial charge < -0.3 is 19.4 Å². The lowest BCUT2D eigenvalue weighted by molar-refractivity contribution is -0.0956. The van der Waals surface area contributed by atoms with Gasteiger partial charge in [0.1, 0.15) is 5.56 Å². The summed E-state index contributed by atoms with van der Waals surface area (Å²) in [5, 5.41) is 0.864. The summed E-state index contributed by atoms with van der Waals surface area (Å²) in [5.74, 6) is 0.125. The zero-order chi connectivity index (χ0) is 16.5. The predicted octanol–water partition coefficient (Wildman–Crippen LogP) is 1.75. The lowest BCUT2D eigenvalue weighted by Gasteiger charge is -2.33. The smallest absolute Gasteiger partial charge is 0.261 e. The van der Waals surface area contributed by atoms with Crippen LogP contribution >= 0.6 is 0 Å². The highest BCUT2D eigenvalue weighted by Crippen LogP contribution is 2.26. The minimum absolute atomic E-state index is 0.133. The normalized spacial score (nSPS) is 19.9. The molecule has 0 radical (unpaired) electrons. The van der Waals surface area contributed by atoms with Crippen LogP contribution in [-0.4, -0.2) is 48.4 Å². The first-order valence-electron chi connectivity index (χ1n) is 8.37. The first-order valence-corrected chi connectivity index (χ1v) is 8.37. The summed E-state index contributed by atoms with van der Waals surface area (Å²) in [6.45, 7) is 2.55. The number of nitrogens with zero attached hydrogens (tertiary/aromatic N) is 1. The van der Waals surface area contributed by atoms with Crippen LogP contribution in [0, 0.1) is 5.92 Å². The first kappa shape index (κ1) is 15.4. The van der Waals surface area contributed by atoms with E-state index in [2.05, 4.69) is 4.98 Å². The van der Waals surface area contributed by atoms with Gasteiger partial charge >= 0.3 is 0 Å². The minimum Gasteiger partial charge on any atom is -0.350 e. The quantitative estimate of drug-likeness (QED) is 0.912. The van der Waals surface area contributed by atoms with E-state index in [0.717, 1.165) is 23.7 Å². The van der Waals surface area contributed by atoms with E-state index in [9.17, 15) is 9.59 Å². The van der Waals surface area contributed by atoms with Gasteiger partial charge in [-0.1, -0.05) is 18.2 Å². The summed E-state index contributed by atoms with van der Waals surface area (Å²) in [7, 11) is 0. The highest BCUT2D eigenvalue weighted by molar-refractivity contribution is 5.97. The van der Waals surface area contributed by atoms with Crippen LogP contribution in [0.2, 0.25) is 0 Å². The molecule has 4 rings (SSSR count). The molecule has 2 saturated heterocycles. The van der Waals surface area contributed by atoms with Gasteiger partial charge in [0.15, 0.2) is 6.29 Å². The lowest BCUT2D eigenvalue weighted by atomic mass is 9.95. The molecule has 2 aliphatic rings. The maximum atomic E-state index is 12.7. The van der Waals surface area contributed by atoms with Crippen LogP contribution in [0.5, 0.6) is 0 Å². The van der Waals surface area contributed by atoms with Crippen molar-refractivity contribution in [1.29, 1.82) is 0 Å². The summed E-state index contributed by atoms with van der Waals surface area (Å²) < 4.78 is 11.1. The van der Waals surface area contributed by atoms with Crippen molar-refractivity contribution in [3.63, 3.8) is 0 Å². The molecule has 6 nitrogen and oxygen atoms in total. The van der Waals surface area contributed by atoms with E-state index in [1.165, 1.54) is 0 Å². The summed E-state index contributed by atoms with van der Waals surface area (Å²) in [6.07, 6.45) is 1.54. The third kappa shape index (κ3) is 2.83. The average Bonchev–Trinajstić information content (AvgIpc) is 3.15. The fourth-order valence-corrected chi connectivity index (χ4v) is 3.50. The van der Waals surface area contributed by atoms with Crippen LogP contribution in [0.4, 0.5) is 0 Å². The van der Waals surface area contributed by atoms with Crippen LogP contribution in [0.3, 0.4) is 0 Å². The molecule has 2 aromatic rings. The van der Waals surface area contributed by atoms with E-state index in [1.54, 1.807) is 11.0 Å². The standard InChI is InChI=1S/C18H20N2O4/c21-16-14(11-13-3-1-2-4-15(13)19-16)17(22)20-7-5-12(6-8-20)18-23-9-10-24-18/h1-4,11-12,18H,5-10H2,(H,19,21). The minimum atomic E-state index is -0.330. The summed E-state index contributed by atoms with van der Waals surface area (Å²) in [6, 6.07) is 9.16. The molecule has 0 bridgehead atoms. The highest BCUT2D eigenvalue weighted by Gasteiger charge is 2.32. The number of amides is 1. The van der Waals surface area contributed by atoms with Gasteiger partial charge in [0.2, 0.25) is 0 Å². The molecule has 0 spiro atoms. The third-order valence-corrected chi connectivity index (χ3v) is 4.84. The van der Waals surface area contributed by atoms with Crippen LogP contribution in [0.25, 0.3) is 10.9 Å². The second-order valence-corrected chi connectivity index (χ2v) is 6.34. The van der Waals surface area contributed by atoms with Gasteiger partial charge in [-0.3, -0.25) is 9.59 Å². The average molecular weight is 328 g/mol. The molecule has 1 amide bonds. The number of hydrogen-bond donors (Lipinski definition) is 1. The topological polar surface area (TPSA) is 71.6 Å². The van der Waals surface area contributed by atoms with Crippen molar-refractivity contribution in [3.05, 3.63) is 46.2 Å². The largest absolute Gasteiger partial charge is 0.350 e. The van der Waals surface area contributed by atoms with Crippen molar-refractivity contribution in [2.24, 2.45) is 5.92 Å². The molecule has 0 aliphatic carbocycles. The van der Waals surface area contributed by atoms with Gasteiger partial charge in [-0.25, -0.2) is 0 Å². The highest BCUT2D eigenvalue weighted by atomic mass is 16.7. The first-order chi connectivity index (χ1) is 11.7. The third-order valence-electron chi connectivity index (χ3n) is 4.84. The molecule has 1 aromatic carbocycles. The number of rotatable bonds is 2. The number of benzene rings is 1. The summed E-state index contributed by atoms with van der Waals surface area (Å²) in [4.78, 5) is 29.5. The zero-order valence-corrected chi connectivity index (χ0v) is 13.4. The number of pyridine rings is 1. The van der Waals surface area contributed by atoms with Gasteiger partial charge in [-0.15, -0.1) is 0 Å². The SMILES string of the molecule is O=C(c1cc2ccccc2[nH]c1=O)N1CCC(C2OCCO2)CC1. The molecule has 1 N–H and O–H groups in total. The van der Waals surface area contributed by atoms with Gasteiger partial charge in [-0.2, -0.15) is 0 Å². The number of likely N-dealkylation sites (tertiary alicyclic amines) is 1. The number of piperidine rings is 1. The molecule has 2 aliphatic heterocycles. The van der Waals surface area contributed by atoms with E-state index >= 15 is 0 Å². The number of nitrogens with one attached hydrogen (secondary N) is 1. The summed E-state index contributed by atoms with van der Waals surface area (Å²) >= 11 is 0.